The van der Waals surface area contributed by atoms with Crippen LogP contribution in [0.3, 0.4) is 0 Å². The number of hydrogen-bond acceptors (Lipinski definition) is 44. The van der Waals surface area contributed by atoms with E-state index in [2.05, 4.69) is 21.3 Å². The van der Waals surface area contributed by atoms with Crippen LogP contribution in [-0.2, 0) is 99.7 Å². The summed E-state index contributed by atoms with van der Waals surface area (Å²) >= 11 is 0. The summed E-state index contributed by atoms with van der Waals surface area (Å²) in [5, 5.41) is 265. The molecule has 9 fully saturated rings. The van der Waals surface area contributed by atoms with Crippen LogP contribution in [-0.4, -0.2) is 463 Å². The van der Waals surface area contributed by atoms with E-state index >= 15 is 0 Å². The highest BCUT2D eigenvalue weighted by Crippen LogP contribution is 2.40. The molecule has 0 aromatic carbocycles. The van der Waals surface area contributed by atoms with E-state index in [1.165, 1.54) is 13.8 Å². The molecular weight excluding hydrogens is 1500 g/mol. The lowest BCUT2D eigenvalue weighted by Gasteiger charge is -2.52. The summed E-state index contributed by atoms with van der Waals surface area (Å²) in [6, 6.07) is -7.33. The molecule has 45 atom stereocenters. The molecule has 110 heavy (non-hydrogen) atoms. The molecule has 0 saturated carbocycles. The topological polar surface area (TPSA) is 739 Å². The Morgan fingerprint density at radius 2 is 0.582 bits per heavy atom. The van der Waals surface area contributed by atoms with Gasteiger partial charge in [-0.15, -0.1) is 0 Å². The molecule has 27 N–H and O–H groups in total. The maximum absolute atomic E-state index is 13.4. The highest BCUT2D eigenvalue weighted by Gasteiger charge is 2.61. The molecule has 636 valence electrons. The van der Waals surface area contributed by atoms with E-state index in [1.807, 2.05) is 0 Å². The summed E-state index contributed by atoms with van der Waals surface area (Å²) in [5.74, 6) is -3.55. The second kappa shape index (κ2) is 39.0. The third-order valence-corrected chi connectivity index (χ3v) is 20.3. The quantitative estimate of drug-likeness (QED) is 0.0363. The second-order valence-electron chi connectivity index (χ2n) is 28.2. The van der Waals surface area contributed by atoms with Gasteiger partial charge in [-0.1, -0.05) is 0 Å². The van der Waals surface area contributed by atoms with Crippen molar-refractivity contribution >= 4 is 23.6 Å². The Balaban J connectivity index is 1.03. The Bertz CT molecular complexity index is 2930. The number of amides is 4. The average Bonchev–Trinajstić information content (AvgIpc) is 0.763. The standard InChI is InChI=1S/C62H104N4O44/c1-14-31(76)40(85)44(89)58(96-14)94-13-26-49(38(83)27(54(93)98-26)63-16(3)72)105-56-29(65-18(5)74)39(84)48(23(10-70)102-56)106-61-47(92)52(109-60-46(91)42(87)34(79)21(8-68)100-60)36(81)25(104-61)12-95-62-53(43(88)35(80)22(9-69)101-62)110-57-30(66-19(6)75)51(108-59-45(90)41(86)32(77)15(2)97-59)50(24(11-71)103-57)107-55-28(64-17(4)73)37(82)33(78)20(7-67)99-55/h14-15,20-62,67-71,76-93H,7-13H2,1-6H3,(H,63,72)(H,64,73)(H,65,74)(H,66,75)/t14-,15-,20+,21+,22+,23+,24+,25+,26+,27+,28+,29+,30+,31+,32+,33-,34+,35+,36+,37+,38+,39+,40+,41+,42-,43-,44-,45-,46-,47-,48+,49+,50+,51+,52-,53-,54+,55-,56-,57-,58+,59-,60+,61-,62-/m0/s1. The molecule has 4 amide bonds. The lowest BCUT2D eigenvalue weighted by Crippen LogP contribution is -2.72. The van der Waals surface area contributed by atoms with Crippen molar-refractivity contribution in [3.05, 3.63) is 0 Å². The smallest absolute Gasteiger partial charge is 0.217 e. The fourth-order valence-electron chi connectivity index (χ4n) is 14.2. The number of hydrogen-bond donors (Lipinski definition) is 27. The average molecular weight is 1610 g/mol. The minimum Gasteiger partial charge on any atom is -0.394 e. The predicted molar refractivity (Wildman–Crippen MR) is 341 cm³/mol. The summed E-state index contributed by atoms with van der Waals surface area (Å²) < 4.78 is 102. The number of aliphatic hydroxyl groups is 23. The third kappa shape index (κ3) is 19.9. The summed E-state index contributed by atoms with van der Waals surface area (Å²) in [5.41, 5.74) is 0. The molecule has 9 rings (SSSR count). The molecule has 0 radical (unpaired) electrons. The van der Waals surface area contributed by atoms with Crippen molar-refractivity contribution in [2.75, 3.05) is 46.2 Å². The molecule has 48 nitrogen and oxygen atoms in total. The Morgan fingerprint density at radius 1 is 0.255 bits per heavy atom. The van der Waals surface area contributed by atoms with E-state index < -0.39 is 346 Å². The number of carbonyl (C=O) groups excluding carboxylic acids is 4. The van der Waals surface area contributed by atoms with Crippen LogP contribution in [0, 0.1) is 0 Å². The van der Waals surface area contributed by atoms with Crippen LogP contribution in [0.25, 0.3) is 0 Å². The van der Waals surface area contributed by atoms with Crippen molar-refractivity contribution in [3.63, 3.8) is 0 Å². The van der Waals surface area contributed by atoms with Crippen molar-refractivity contribution in [1.82, 2.24) is 21.3 Å². The normalized spacial score (nSPS) is 49.6. The van der Waals surface area contributed by atoms with Crippen molar-refractivity contribution in [1.29, 1.82) is 0 Å². The number of ether oxygens (including phenoxy) is 17. The maximum atomic E-state index is 13.4. The number of aliphatic hydroxyl groups excluding tert-OH is 23. The highest BCUT2D eigenvalue weighted by molar-refractivity contribution is 5.74. The largest absolute Gasteiger partial charge is 0.394 e. The van der Waals surface area contributed by atoms with Gasteiger partial charge in [0.2, 0.25) is 23.6 Å². The molecule has 0 spiro atoms. The van der Waals surface area contributed by atoms with Gasteiger partial charge in [0.25, 0.3) is 0 Å². The highest BCUT2D eigenvalue weighted by atomic mass is 16.8. The third-order valence-electron chi connectivity index (χ3n) is 20.3. The van der Waals surface area contributed by atoms with Crippen LogP contribution in [0.4, 0.5) is 0 Å². The summed E-state index contributed by atoms with van der Waals surface area (Å²) in [6.45, 7) is -0.940. The zero-order chi connectivity index (χ0) is 81.1. The molecule has 0 aromatic rings. The van der Waals surface area contributed by atoms with Crippen molar-refractivity contribution in [2.45, 2.75) is 318 Å². The molecule has 9 aliphatic heterocycles. The van der Waals surface area contributed by atoms with Gasteiger partial charge in [0.1, 0.15) is 207 Å². The van der Waals surface area contributed by atoms with E-state index in [0.29, 0.717) is 0 Å². The first kappa shape index (κ1) is 90.2. The van der Waals surface area contributed by atoms with Crippen LogP contribution < -0.4 is 21.3 Å². The Kier molecular flexibility index (Phi) is 32.0. The minimum absolute atomic E-state index is 0.812. The molecule has 0 aliphatic carbocycles. The zero-order valence-electron chi connectivity index (χ0n) is 59.8. The van der Waals surface area contributed by atoms with Gasteiger partial charge in [0, 0.05) is 27.7 Å². The Hall–Kier alpha value is -3.72. The molecule has 0 bridgehead atoms. The van der Waals surface area contributed by atoms with Crippen LogP contribution in [0.15, 0.2) is 0 Å². The van der Waals surface area contributed by atoms with Crippen LogP contribution in [0.2, 0.25) is 0 Å². The van der Waals surface area contributed by atoms with E-state index in [0.717, 1.165) is 27.7 Å². The second-order valence-corrected chi connectivity index (χ2v) is 28.2. The first-order chi connectivity index (χ1) is 51.9. The van der Waals surface area contributed by atoms with Gasteiger partial charge in [-0.2, -0.15) is 0 Å². The molecule has 48 heteroatoms. The van der Waals surface area contributed by atoms with Gasteiger partial charge < -0.3 is 219 Å². The van der Waals surface area contributed by atoms with Crippen molar-refractivity contribution in [3.8, 4) is 0 Å². The van der Waals surface area contributed by atoms with Crippen LogP contribution in [0.5, 0.6) is 0 Å². The summed E-state index contributed by atoms with van der Waals surface area (Å²) in [7, 11) is 0. The number of carbonyl (C=O) groups is 4. The van der Waals surface area contributed by atoms with Crippen molar-refractivity contribution in [2.24, 2.45) is 0 Å². The number of rotatable bonds is 27. The van der Waals surface area contributed by atoms with Gasteiger partial charge in [-0.05, 0) is 13.8 Å². The minimum atomic E-state index is -2.44. The zero-order valence-corrected chi connectivity index (χ0v) is 59.8. The molecule has 9 aliphatic rings. The predicted octanol–water partition coefficient (Wildman–Crippen LogP) is -18.0. The van der Waals surface area contributed by atoms with Gasteiger partial charge in [-0.3, -0.25) is 19.2 Å². The molecule has 9 saturated heterocycles. The maximum Gasteiger partial charge on any atom is 0.217 e. The van der Waals surface area contributed by atoms with Gasteiger partial charge in [0.05, 0.1) is 58.5 Å². The SMILES string of the molecule is CC(=O)N[C@@H]1[C@@H](O)[C@H](O[C@@H]2O[C@H](CO)[C@@H](O[C@@H]3O[C@H](CO[C@H]4O[C@H](CO)[C@@H](O)[C@H](O)[C@@H]4O[C@@H]4O[C@H](CO)[C@@H](O[C@@H]5O[C@H](CO)[C@H](O)[C@H](O)[C@H]5NC(C)=O)[C@H](O[C@@H]5O[C@@H](C)[C@@H](O)[C@@H](O)[C@@H]5O)[C@H]4NC(C)=O)[C@@H](O)[C@H](O[C@H]4O[C@H](CO)[C@@H](O)[C@H](O)[C@@H]4O)[C@@H]3O)[C@H](O)[C@H]2NC(C)=O)[C@@H](CO[C@@H]2O[C@@H](C)[C@@H](O)[C@@H](O)[C@@H]2O)O[C@H]1O. The first-order valence-electron chi connectivity index (χ1n) is 35.3. The van der Waals surface area contributed by atoms with E-state index in [-0.39, 0.29) is 0 Å². The lowest BCUT2D eigenvalue weighted by molar-refractivity contribution is -0.392. The summed E-state index contributed by atoms with van der Waals surface area (Å²) in [6.07, 6.45) is -81.6. The van der Waals surface area contributed by atoms with Gasteiger partial charge in [0.15, 0.2) is 56.6 Å². The fraction of sp³-hybridized carbons (Fsp3) is 0.935. The van der Waals surface area contributed by atoms with Crippen molar-refractivity contribution < 1.29 is 217 Å². The van der Waals surface area contributed by atoms with Gasteiger partial charge in [-0.25, -0.2) is 0 Å². The van der Waals surface area contributed by atoms with E-state index in [9.17, 15) is 137 Å². The molecule has 9 heterocycles. The van der Waals surface area contributed by atoms with Crippen LogP contribution in [0.1, 0.15) is 41.5 Å². The lowest BCUT2D eigenvalue weighted by atomic mass is 9.93. The van der Waals surface area contributed by atoms with E-state index in [4.69, 9.17) is 80.5 Å². The van der Waals surface area contributed by atoms with Gasteiger partial charge >= 0.3 is 0 Å². The van der Waals surface area contributed by atoms with E-state index in [1.54, 1.807) is 0 Å². The molecular formula is C62H104N4O44. The molecule has 0 unspecified atom stereocenters. The first-order valence-corrected chi connectivity index (χ1v) is 35.3. The fourth-order valence-corrected chi connectivity index (χ4v) is 14.2. The Labute approximate surface area is 624 Å². The molecule has 0 aromatic heterocycles. The van der Waals surface area contributed by atoms with Crippen LogP contribution >= 0.6 is 0 Å². The Morgan fingerprint density at radius 3 is 1.12 bits per heavy atom. The monoisotopic (exact) mass is 1610 g/mol. The number of nitrogens with one attached hydrogen (secondary N) is 4. The summed E-state index contributed by atoms with van der Waals surface area (Å²) in [4.78, 5) is 51.4.